The van der Waals surface area contributed by atoms with Gasteiger partial charge in [-0.25, -0.2) is 0 Å². The molecule has 0 heterocycles. The Balaban J connectivity index is 1.55. The standard InChI is InChI=1S/C27H35BP/c28-29(23-17-9-3-10-18-23,24-19-11-4-12-20-24)27-25(21-13-5-1-6-14-21)26(27)22-15-7-2-8-16-22/h1-2,5-8,13-16,23-27H,3-4,9-12,17-20H2/q+1. The minimum Gasteiger partial charge on any atom is -0.0622 e. The van der Waals surface area contributed by atoms with Gasteiger partial charge in [-0.2, -0.15) is 0 Å². The summed E-state index contributed by atoms with van der Waals surface area (Å²) in [5.74, 6) is 1.28. The van der Waals surface area contributed by atoms with Crippen LogP contribution in [0.3, 0.4) is 0 Å². The van der Waals surface area contributed by atoms with Crippen molar-refractivity contribution < 1.29 is 0 Å². The normalized spacial score (nSPS) is 28.9. The Morgan fingerprint density at radius 3 is 1.31 bits per heavy atom. The summed E-state index contributed by atoms with van der Waals surface area (Å²) in [6.07, 6.45) is 14.1. The second kappa shape index (κ2) is 8.59. The van der Waals surface area contributed by atoms with E-state index in [4.69, 9.17) is 7.57 Å². The van der Waals surface area contributed by atoms with E-state index >= 15 is 0 Å². The van der Waals surface area contributed by atoms with Crippen LogP contribution in [0.2, 0.25) is 0 Å². The van der Waals surface area contributed by atoms with E-state index in [9.17, 15) is 0 Å². The molecule has 2 unspecified atom stereocenters. The molecular formula is C27H35BP+. The van der Waals surface area contributed by atoms with Crippen molar-refractivity contribution >= 4 is 14.7 Å². The molecule has 0 N–H and O–H groups in total. The van der Waals surface area contributed by atoms with Gasteiger partial charge in [0, 0.05) is 11.8 Å². The van der Waals surface area contributed by atoms with E-state index in [0.29, 0.717) is 17.5 Å². The SMILES string of the molecule is [B][P+](C1CCCCC1)(C1CCCCC1)C1C(c2ccccc2)C1c1ccccc1. The first-order valence-electron chi connectivity index (χ1n) is 12.1. The van der Waals surface area contributed by atoms with Crippen LogP contribution in [-0.2, 0) is 0 Å². The van der Waals surface area contributed by atoms with Crippen LogP contribution in [0.5, 0.6) is 0 Å². The molecule has 2 heteroatoms. The number of benzene rings is 2. The highest BCUT2D eigenvalue weighted by atomic mass is 31.2. The smallest absolute Gasteiger partial charge is 0.0622 e. The first-order chi connectivity index (χ1) is 14.3. The molecule has 3 saturated carbocycles. The Bertz CT molecular complexity index is 713. The molecule has 3 aliphatic carbocycles. The van der Waals surface area contributed by atoms with Crippen LogP contribution in [0.1, 0.15) is 87.2 Å². The molecule has 0 aromatic heterocycles. The summed E-state index contributed by atoms with van der Waals surface area (Å²) in [5, 5.41) is 0. The molecule has 0 saturated heterocycles. The van der Waals surface area contributed by atoms with Gasteiger partial charge in [-0.3, -0.25) is 0 Å². The fraction of sp³-hybridized carbons (Fsp3) is 0.556. The molecule has 29 heavy (non-hydrogen) atoms. The lowest BCUT2D eigenvalue weighted by Crippen LogP contribution is -2.31. The predicted octanol–water partition coefficient (Wildman–Crippen LogP) is 7.70. The van der Waals surface area contributed by atoms with E-state index in [1.165, 1.54) is 75.3 Å². The summed E-state index contributed by atoms with van der Waals surface area (Å²) in [6.45, 7) is 0. The maximum Gasteiger partial charge on any atom is 0.366 e. The molecule has 2 atom stereocenters. The van der Waals surface area contributed by atoms with E-state index in [0.717, 1.165) is 11.3 Å². The summed E-state index contributed by atoms with van der Waals surface area (Å²) in [5.41, 5.74) is 5.42. The van der Waals surface area contributed by atoms with Crippen LogP contribution in [0, 0.1) is 0 Å². The van der Waals surface area contributed by atoms with E-state index in [-0.39, 0.29) is 0 Å². The van der Waals surface area contributed by atoms with Crippen molar-refractivity contribution in [2.24, 2.45) is 0 Å². The highest BCUT2D eigenvalue weighted by Crippen LogP contribution is 2.84. The van der Waals surface area contributed by atoms with Crippen LogP contribution < -0.4 is 0 Å². The molecule has 3 fully saturated rings. The van der Waals surface area contributed by atoms with Gasteiger partial charge in [0.25, 0.3) is 0 Å². The van der Waals surface area contributed by atoms with Gasteiger partial charge in [0.2, 0.25) is 0 Å². The monoisotopic (exact) mass is 401 g/mol. The van der Waals surface area contributed by atoms with Gasteiger partial charge in [0.05, 0.1) is 17.0 Å². The molecule has 0 aliphatic heterocycles. The zero-order chi connectivity index (χ0) is 19.7. The molecule has 2 radical (unpaired) electrons. The molecule has 5 rings (SSSR count). The molecular weight excluding hydrogens is 366 g/mol. The second-order valence-electron chi connectivity index (χ2n) is 9.84. The van der Waals surface area contributed by atoms with Crippen molar-refractivity contribution in [2.45, 2.75) is 93.0 Å². The summed E-state index contributed by atoms with van der Waals surface area (Å²) in [7, 11) is 6.30. The molecule has 2 aromatic rings. The van der Waals surface area contributed by atoms with Gasteiger partial charge in [0.1, 0.15) is 0 Å². The molecule has 0 bridgehead atoms. The first-order valence-corrected chi connectivity index (χ1v) is 14.1. The lowest BCUT2D eigenvalue weighted by Gasteiger charge is -2.43. The maximum atomic E-state index is 7.82. The minimum absolute atomic E-state index is 0.640. The number of hydrogen-bond donors (Lipinski definition) is 0. The topological polar surface area (TPSA) is 0 Å². The molecule has 2 aromatic carbocycles. The average Bonchev–Trinajstić information content (AvgIpc) is 3.57. The molecule has 0 spiro atoms. The molecule has 0 amide bonds. The Kier molecular flexibility index (Phi) is 5.88. The number of rotatable bonds is 5. The van der Waals surface area contributed by atoms with E-state index < -0.39 is 7.14 Å². The lowest BCUT2D eigenvalue weighted by molar-refractivity contribution is 0.481. The Labute approximate surface area is 179 Å². The van der Waals surface area contributed by atoms with Gasteiger partial charge in [-0.05, 0) is 69.6 Å². The zero-order valence-corrected chi connectivity index (χ0v) is 18.7. The molecule has 150 valence electrons. The van der Waals surface area contributed by atoms with Crippen molar-refractivity contribution in [3.05, 3.63) is 71.8 Å². The van der Waals surface area contributed by atoms with Crippen molar-refractivity contribution in [1.29, 1.82) is 0 Å². The Morgan fingerprint density at radius 2 is 0.931 bits per heavy atom. The highest BCUT2D eigenvalue weighted by Gasteiger charge is 2.68. The summed E-state index contributed by atoms with van der Waals surface area (Å²) < 4.78 is 0. The van der Waals surface area contributed by atoms with Crippen LogP contribution in [-0.4, -0.2) is 24.5 Å². The van der Waals surface area contributed by atoms with E-state index in [1.54, 1.807) is 0 Å². The lowest BCUT2D eigenvalue weighted by atomic mass is 9.99. The van der Waals surface area contributed by atoms with Crippen molar-refractivity contribution in [3.63, 3.8) is 0 Å². The fourth-order valence-electron chi connectivity index (χ4n) is 6.85. The third kappa shape index (κ3) is 3.74. The largest absolute Gasteiger partial charge is 0.366 e. The van der Waals surface area contributed by atoms with Crippen molar-refractivity contribution in [3.8, 4) is 0 Å². The Morgan fingerprint density at radius 1 is 0.552 bits per heavy atom. The average molecular weight is 401 g/mol. The zero-order valence-electron chi connectivity index (χ0n) is 17.8. The minimum atomic E-state index is -1.52. The third-order valence-electron chi connectivity index (χ3n) is 8.28. The first kappa shape index (κ1) is 19.9. The Hall–Kier alpha value is -1.07. The van der Waals surface area contributed by atoms with Gasteiger partial charge in [0.15, 0.2) is 0 Å². The van der Waals surface area contributed by atoms with E-state index in [2.05, 4.69) is 60.7 Å². The molecule has 0 nitrogen and oxygen atoms in total. The van der Waals surface area contributed by atoms with Crippen molar-refractivity contribution in [2.75, 3.05) is 0 Å². The van der Waals surface area contributed by atoms with Crippen LogP contribution >= 0.6 is 7.14 Å². The number of hydrogen-bond acceptors (Lipinski definition) is 0. The summed E-state index contributed by atoms with van der Waals surface area (Å²) >= 11 is 0. The molecule has 3 aliphatic rings. The van der Waals surface area contributed by atoms with Gasteiger partial charge < -0.3 is 0 Å². The van der Waals surface area contributed by atoms with Gasteiger partial charge in [-0.1, -0.05) is 73.5 Å². The van der Waals surface area contributed by atoms with Gasteiger partial charge >= 0.3 is 7.57 Å². The summed E-state index contributed by atoms with van der Waals surface area (Å²) in [6, 6.07) is 22.7. The maximum absolute atomic E-state index is 7.82. The quantitative estimate of drug-likeness (QED) is 0.356. The highest BCUT2D eigenvalue weighted by molar-refractivity contribution is 7.99. The van der Waals surface area contributed by atoms with Crippen molar-refractivity contribution in [1.82, 2.24) is 0 Å². The fourth-order valence-corrected chi connectivity index (χ4v) is 12.7. The van der Waals surface area contributed by atoms with Crippen LogP contribution in [0.15, 0.2) is 60.7 Å². The van der Waals surface area contributed by atoms with E-state index in [1.807, 2.05) is 0 Å². The third-order valence-corrected chi connectivity index (χ3v) is 13.5. The summed E-state index contributed by atoms with van der Waals surface area (Å²) in [4.78, 5) is 0. The van der Waals surface area contributed by atoms with Crippen LogP contribution in [0.25, 0.3) is 0 Å². The van der Waals surface area contributed by atoms with Gasteiger partial charge in [-0.15, -0.1) is 0 Å². The van der Waals surface area contributed by atoms with Crippen LogP contribution in [0.4, 0.5) is 0 Å². The second-order valence-corrected chi connectivity index (χ2v) is 13.7. The predicted molar refractivity (Wildman–Crippen MR) is 129 cm³/mol.